The van der Waals surface area contributed by atoms with Gasteiger partial charge in [-0.05, 0) is 36.9 Å². The Bertz CT molecular complexity index is 942. The summed E-state index contributed by atoms with van der Waals surface area (Å²) in [5.74, 6) is -0.963. The molecule has 0 saturated heterocycles. The Morgan fingerprint density at radius 2 is 2.04 bits per heavy atom. The molecule has 2 aromatic heterocycles. The zero-order valence-corrected chi connectivity index (χ0v) is 14.2. The fourth-order valence-electron chi connectivity index (χ4n) is 2.35. The van der Waals surface area contributed by atoms with Crippen molar-refractivity contribution >= 4 is 39.3 Å². The van der Waals surface area contributed by atoms with E-state index in [-0.39, 0.29) is 11.1 Å². The average Bonchev–Trinajstić information content (AvgIpc) is 2.91. The summed E-state index contributed by atoms with van der Waals surface area (Å²) in [7, 11) is 0. The van der Waals surface area contributed by atoms with Crippen LogP contribution in [0.3, 0.4) is 0 Å². The summed E-state index contributed by atoms with van der Waals surface area (Å²) in [5.41, 5.74) is 1.03. The lowest BCUT2D eigenvalue weighted by Crippen LogP contribution is -2.23. The van der Waals surface area contributed by atoms with E-state index in [2.05, 4.69) is 4.98 Å². The van der Waals surface area contributed by atoms with E-state index in [9.17, 15) is 9.59 Å². The van der Waals surface area contributed by atoms with Crippen molar-refractivity contribution in [1.82, 2.24) is 9.55 Å². The Hall–Kier alpha value is -2.12. The summed E-state index contributed by atoms with van der Waals surface area (Å²) in [5, 5.41) is 10.2. The molecule has 0 bridgehead atoms. The highest BCUT2D eigenvalue weighted by atomic mass is 32.2. The summed E-state index contributed by atoms with van der Waals surface area (Å²) >= 11 is 2.94. The molecule has 7 heteroatoms. The molecule has 1 aromatic carbocycles. The van der Waals surface area contributed by atoms with Crippen molar-refractivity contribution in [2.75, 3.05) is 6.26 Å². The van der Waals surface area contributed by atoms with E-state index in [0.29, 0.717) is 17.1 Å². The minimum atomic E-state index is -0.963. The Morgan fingerprint density at radius 1 is 1.35 bits per heavy atom. The van der Waals surface area contributed by atoms with Crippen LogP contribution in [0.15, 0.2) is 40.3 Å². The monoisotopic (exact) mass is 346 g/mol. The molecule has 118 valence electrons. The zero-order chi connectivity index (χ0) is 16.6. The molecule has 0 fully saturated rings. The van der Waals surface area contributed by atoms with Crippen LogP contribution in [0.1, 0.15) is 20.8 Å². The van der Waals surface area contributed by atoms with Crippen LogP contribution in [0.25, 0.3) is 10.2 Å². The zero-order valence-electron chi connectivity index (χ0n) is 12.6. The molecular weight excluding hydrogens is 332 g/mol. The smallest absolute Gasteiger partial charge is 0.335 e. The largest absolute Gasteiger partial charge is 0.478 e. The second-order valence-corrected chi connectivity index (χ2v) is 7.08. The van der Waals surface area contributed by atoms with Crippen LogP contribution in [-0.4, -0.2) is 26.9 Å². The molecule has 0 aliphatic rings. The first-order chi connectivity index (χ1) is 11.0. The lowest BCUT2D eigenvalue weighted by Gasteiger charge is -2.10. The first kappa shape index (κ1) is 15.8. The number of nitrogens with zero attached hydrogens (tertiary/aromatic N) is 2. The molecule has 3 aromatic rings. The number of carboxylic acid groups (broad SMARTS) is 1. The number of fused-ring (bicyclic) bond motifs is 1. The van der Waals surface area contributed by atoms with Gasteiger partial charge in [-0.15, -0.1) is 11.3 Å². The van der Waals surface area contributed by atoms with Gasteiger partial charge in [0.1, 0.15) is 4.83 Å². The first-order valence-corrected chi connectivity index (χ1v) is 8.91. The number of rotatable bonds is 4. The molecule has 5 nitrogen and oxygen atoms in total. The van der Waals surface area contributed by atoms with Crippen molar-refractivity contribution in [2.24, 2.45) is 0 Å². The number of aromatic carboxylic acids is 1. The normalized spacial score (nSPS) is 11.0. The van der Waals surface area contributed by atoms with Crippen LogP contribution in [0.5, 0.6) is 0 Å². The third kappa shape index (κ3) is 3.02. The van der Waals surface area contributed by atoms with Gasteiger partial charge in [0.25, 0.3) is 5.56 Å². The quantitative estimate of drug-likeness (QED) is 0.580. The van der Waals surface area contributed by atoms with Gasteiger partial charge in [-0.25, -0.2) is 9.78 Å². The summed E-state index contributed by atoms with van der Waals surface area (Å²) in [6.07, 6.45) is 1.89. The lowest BCUT2D eigenvalue weighted by atomic mass is 10.1. The second kappa shape index (κ2) is 6.17. The Morgan fingerprint density at radius 3 is 2.65 bits per heavy atom. The van der Waals surface area contributed by atoms with Crippen molar-refractivity contribution in [3.63, 3.8) is 0 Å². The number of hydrogen-bond donors (Lipinski definition) is 1. The maximum atomic E-state index is 12.7. The molecule has 0 unspecified atom stereocenters. The number of hydrogen-bond acceptors (Lipinski definition) is 5. The predicted octanol–water partition coefficient (Wildman–Crippen LogP) is 3.23. The molecule has 0 aliphatic heterocycles. The van der Waals surface area contributed by atoms with Crippen LogP contribution in [0.4, 0.5) is 0 Å². The highest BCUT2D eigenvalue weighted by Crippen LogP contribution is 2.23. The molecule has 0 amide bonds. The predicted molar refractivity (Wildman–Crippen MR) is 92.9 cm³/mol. The van der Waals surface area contributed by atoms with Crippen molar-refractivity contribution in [2.45, 2.75) is 18.6 Å². The Balaban J connectivity index is 2.06. The number of benzene rings is 1. The molecule has 2 heterocycles. The van der Waals surface area contributed by atoms with Crippen LogP contribution < -0.4 is 5.56 Å². The van der Waals surface area contributed by atoms with Gasteiger partial charge in [0.2, 0.25) is 0 Å². The maximum absolute atomic E-state index is 12.7. The molecular formula is C16H14N2O3S2. The van der Waals surface area contributed by atoms with Gasteiger partial charge >= 0.3 is 5.97 Å². The molecule has 23 heavy (non-hydrogen) atoms. The van der Waals surface area contributed by atoms with Gasteiger partial charge < -0.3 is 5.11 Å². The van der Waals surface area contributed by atoms with Crippen LogP contribution in [0.2, 0.25) is 0 Å². The Labute approximate surface area is 140 Å². The second-order valence-electron chi connectivity index (χ2n) is 5.07. The molecule has 0 saturated carbocycles. The van der Waals surface area contributed by atoms with Crippen molar-refractivity contribution < 1.29 is 9.90 Å². The number of aryl methyl sites for hydroxylation is 1. The van der Waals surface area contributed by atoms with Gasteiger partial charge in [-0.1, -0.05) is 23.9 Å². The molecule has 1 N–H and O–H groups in total. The molecule has 0 aliphatic carbocycles. The van der Waals surface area contributed by atoms with Crippen molar-refractivity contribution in [1.29, 1.82) is 0 Å². The van der Waals surface area contributed by atoms with E-state index in [1.807, 2.05) is 19.2 Å². The number of aromatic nitrogens is 2. The third-order valence-electron chi connectivity index (χ3n) is 3.46. The van der Waals surface area contributed by atoms with Gasteiger partial charge in [-0.3, -0.25) is 9.36 Å². The summed E-state index contributed by atoms with van der Waals surface area (Å²) in [6, 6.07) is 8.40. The molecule has 0 spiro atoms. The summed E-state index contributed by atoms with van der Waals surface area (Å²) in [4.78, 5) is 30.0. The van der Waals surface area contributed by atoms with Crippen LogP contribution >= 0.6 is 23.1 Å². The highest BCUT2D eigenvalue weighted by molar-refractivity contribution is 7.98. The van der Waals surface area contributed by atoms with Crippen LogP contribution in [0, 0.1) is 6.92 Å². The fraction of sp³-hybridized carbons (Fsp3) is 0.188. The minimum Gasteiger partial charge on any atom is -0.478 e. The molecule has 0 radical (unpaired) electrons. The van der Waals surface area contributed by atoms with Gasteiger partial charge in [0.05, 0.1) is 17.5 Å². The van der Waals surface area contributed by atoms with E-state index in [1.165, 1.54) is 23.1 Å². The molecule has 0 atom stereocenters. The van der Waals surface area contributed by atoms with Crippen molar-refractivity contribution in [3.8, 4) is 0 Å². The number of carboxylic acids is 1. The minimum absolute atomic E-state index is 0.0639. The third-order valence-corrected chi connectivity index (χ3v) is 5.08. The average molecular weight is 346 g/mol. The Kier molecular flexibility index (Phi) is 4.23. The van der Waals surface area contributed by atoms with Gasteiger partial charge in [0, 0.05) is 4.88 Å². The topological polar surface area (TPSA) is 72.2 Å². The fourth-order valence-corrected chi connectivity index (χ4v) is 3.83. The van der Waals surface area contributed by atoms with Crippen molar-refractivity contribution in [3.05, 3.63) is 56.7 Å². The van der Waals surface area contributed by atoms with E-state index in [1.54, 1.807) is 28.8 Å². The first-order valence-electron chi connectivity index (χ1n) is 6.87. The van der Waals surface area contributed by atoms with Crippen LogP contribution in [-0.2, 0) is 6.54 Å². The lowest BCUT2D eigenvalue weighted by molar-refractivity contribution is 0.0697. The number of thioether (sulfide) groups is 1. The van der Waals surface area contributed by atoms with E-state index in [0.717, 1.165) is 15.3 Å². The van der Waals surface area contributed by atoms with Gasteiger partial charge in [0.15, 0.2) is 5.16 Å². The van der Waals surface area contributed by atoms with E-state index < -0.39 is 5.97 Å². The maximum Gasteiger partial charge on any atom is 0.335 e. The standard InChI is InChI=1S/C16H14N2O3S2/c1-9-7-12-13(23-9)17-16(22-2)18(14(12)19)8-10-3-5-11(6-4-10)15(20)21/h3-7H,8H2,1-2H3,(H,20,21). The number of thiophene rings is 1. The SMILES string of the molecule is CSc1nc2sc(C)cc2c(=O)n1Cc1ccc(C(=O)O)cc1. The number of carbonyl (C=O) groups is 1. The highest BCUT2D eigenvalue weighted by Gasteiger charge is 2.13. The summed E-state index contributed by atoms with van der Waals surface area (Å²) in [6.45, 7) is 2.33. The van der Waals surface area contributed by atoms with E-state index >= 15 is 0 Å². The summed E-state index contributed by atoms with van der Waals surface area (Å²) < 4.78 is 1.63. The van der Waals surface area contributed by atoms with Gasteiger partial charge in [-0.2, -0.15) is 0 Å². The molecule has 3 rings (SSSR count). The van der Waals surface area contributed by atoms with E-state index in [4.69, 9.17) is 5.11 Å².